The number of para-hydroxylation sites is 2. The zero-order chi connectivity index (χ0) is 31.4. The highest BCUT2D eigenvalue weighted by Crippen LogP contribution is 2.49. The third-order valence-electron chi connectivity index (χ3n) is 9.77. The summed E-state index contributed by atoms with van der Waals surface area (Å²) in [4.78, 5) is 0. The maximum absolute atomic E-state index is 6.80. The van der Waals surface area contributed by atoms with Gasteiger partial charge in [0.1, 0.15) is 33.7 Å². The van der Waals surface area contributed by atoms with Crippen LogP contribution in [0, 0.1) is 0 Å². The molecule has 0 bridgehead atoms. The smallest absolute Gasteiger partial charge is 0.147 e. The Morgan fingerprint density at radius 3 is 1.62 bits per heavy atom. The third kappa shape index (κ3) is 3.68. The van der Waals surface area contributed by atoms with Crippen LogP contribution in [0.25, 0.3) is 98.8 Å². The second-order valence-electron chi connectivity index (χ2n) is 13.6. The van der Waals surface area contributed by atoms with Gasteiger partial charge in [-0.3, -0.25) is 0 Å². The second-order valence-corrected chi connectivity index (χ2v) is 13.6. The van der Waals surface area contributed by atoms with Gasteiger partial charge in [-0.1, -0.05) is 112 Å². The van der Waals surface area contributed by atoms with Gasteiger partial charge in [-0.05, 0) is 74.5 Å². The highest BCUT2D eigenvalue weighted by molar-refractivity contribution is 6.24. The standard InChI is InChI=1S/C44H30O3/c1-44(2,3)41-33-17-9-11-19-35(33)46-43(41)39-29-14-6-4-12-27(29)38(28-13-5-7-15-30(28)39)25-20-21-26-31-22-23-36-40(42(31)47-37(26)24-25)32-16-8-10-18-34(32)45-36/h4-24H,1-3H3. The first-order chi connectivity index (χ1) is 23.0. The lowest BCUT2D eigenvalue weighted by Gasteiger charge is -2.22. The first-order valence-electron chi connectivity index (χ1n) is 16.2. The summed E-state index contributed by atoms with van der Waals surface area (Å²) in [7, 11) is 0. The van der Waals surface area contributed by atoms with Crippen LogP contribution in [-0.2, 0) is 5.41 Å². The summed E-state index contributed by atoms with van der Waals surface area (Å²) in [6.07, 6.45) is 0. The zero-order valence-corrected chi connectivity index (χ0v) is 26.3. The van der Waals surface area contributed by atoms with Gasteiger partial charge in [-0.25, -0.2) is 0 Å². The quantitative estimate of drug-likeness (QED) is 0.184. The van der Waals surface area contributed by atoms with Crippen molar-refractivity contribution in [2.75, 3.05) is 0 Å². The molecule has 3 aromatic heterocycles. The lowest BCUT2D eigenvalue weighted by Crippen LogP contribution is -2.11. The average molecular weight is 607 g/mol. The first kappa shape index (κ1) is 26.4. The van der Waals surface area contributed by atoms with E-state index < -0.39 is 0 Å². The van der Waals surface area contributed by atoms with Gasteiger partial charge in [-0.15, -0.1) is 0 Å². The number of hydrogen-bond donors (Lipinski definition) is 0. The van der Waals surface area contributed by atoms with Gasteiger partial charge in [0, 0.05) is 32.7 Å². The first-order valence-corrected chi connectivity index (χ1v) is 16.2. The molecule has 0 aliphatic heterocycles. The van der Waals surface area contributed by atoms with Crippen LogP contribution >= 0.6 is 0 Å². The minimum Gasteiger partial charge on any atom is -0.456 e. The molecule has 47 heavy (non-hydrogen) atoms. The van der Waals surface area contributed by atoms with Crippen molar-refractivity contribution < 1.29 is 13.3 Å². The molecule has 3 nitrogen and oxygen atoms in total. The van der Waals surface area contributed by atoms with Gasteiger partial charge in [-0.2, -0.15) is 0 Å². The minimum absolute atomic E-state index is 0.124. The van der Waals surface area contributed by atoms with Crippen LogP contribution in [0.4, 0.5) is 0 Å². The molecule has 0 saturated heterocycles. The largest absolute Gasteiger partial charge is 0.456 e. The lowest BCUT2D eigenvalue weighted by molar-refractivity contribution is 0.568. The van der Waals surface area contributed by atoms with E-state index in [-0.39, 0.29) is 5.41 Å². The second kappa shape index (κ2) is 9.37. The Balaban J connectivity index is 1.28. The van der Waals surface area contributed by atoms with Crippen molar-refractivity contribution in [3.05, 3.63) is 133 Å². The molecule has 10 aromatic rings. The lowest BCUT2D eigenvalue weighted by atomic mass is 9.81. The third-order valence-corrected chi connectivity index (χ3v) is 9.77. The number of fused-ring (bicyclic) bond motifs is 10. The molecule has 0 aliphatic rings. The molecule has 224 valence electrons. The van der Waals surface area contributed by atoms with Crippen LogP contribution in [0.5, 0.6) is 0 Å². The number of furan rings is 3. The molecule has 0 unspecified atom stereocenters. The van der Waals surface area contributed by atoms with Crippen LogP contribution < -0.4 is 0 Å². The van der Waals surface area contributed by atoms with E-state index in [1.165, 1.54) is 38.1 Å². The maximum atomic E-state index is 6.80. The highest BCUT2D eigenvalue weighted by atomic mass is 16.3. The van der Waals surface area contributed by atoms with Crippen LogP contribution in [0.1, 0.15) is 26.3 Å². The molecule has 0 aliphatic carbocycles. The van der Waals surface area contributed by atoms with E-state index in [0.29, 0.717) is 0 Å². The van der Waals surface area contributed by atoms with Gasteiger partial charge in [0.25, 0.3) is 0 Å². The van der Waals surface area contributed by atoms with Crippen molar-refractivity contribution in [3.8, 4) is 22.5 Å². The SMILES string of the molecule is CC(C)(C)c1c(-c2c3ccccc3c(-c3ccc4c(c3)oc3c4ccc4oc5ccccc5c43)c3ccccc23)oc2ccccc12. The van der Waals surface area contributed by atoms with Crippen molar-refractivity contribution in [2.24, 2.45) is 0 Å². The van der Waals surface area contributed by atoms with Crippen molar-refractivity contribution in [2.45, 2.75) is 26.2 Å². The van der Waals surface area contributed by atoms with Gasteiger partial charge in [0.05, 0.1) is 5.39 Å². The van der Waals surface area contributed by atoms with E-state index in [2.05, 4.69) is 130 Å². The molecule has 0 saturated carbocycles. The Kier molecular flexibility index (Phi) is 5.27. The molecule has 0 atom stereocenters. The van der Waals surface area contributed by atoms with Gasteiger partial charge < -0.3 is 13.3 Å². The fourth-order valence-corrected chi connectivity index (χ4v) is 7.85. The highest BCUT2D eigenvalue weighted by Gasteiger charge is 2.29. The molecule has 0 N–H and O–H groups in total. The maximum Gasteiger partial charge on any atom is 0.147 e. The van der Waals surface area contributed by atoms with E-state index >= 15 is 0 Å². The molecule has 3 heterocycles. The summed E-state index contributed by atoms with van der Waals surface area (Å²) in [5.41, 5.74) is 8.90. The normalized spacial score (nSPS) is 12.6. The Hall–Kier alpha value is -5.80. The summed E-state index contributed by atoms with van der Waals surface area (Å²) < 4.78 is 19.7. The fourth-order valence-electron chi connectivity index (χ4n) is 7.85. The molecule has 0 fully saturated rings. The monoisotopic (exact) mass is 606 g/mol. The Morgan fingerprint density at radius 1 is 0.404 bits per heavy atom. The van der Waals surface area contributed by atoms with Crippen LogP contribution in [0.3, 0.4) is 0 Å². The molecule has 3 heteroatoms. The van der Waals surface area contributed by atoms with E-state index in [1.807, 2.05) is 18.2 Å². The number of hydrogen-bond acceptors (Lipinski definition) is 3. The summed E-state index contributed by atoms with van der Waals surface area (Å²) in [6.45, 7) is 6.82. The van der Waals surface area contributed by atoms with E-state index in [4.69, 9.17) is 13.3 Å². The summed E-state index contributed by atoms with van der Waals surface area (Å²) in [5, 5.41) is 10.1. The van der Waals surface area contributed by atoms with Crippen molar-refractivity contribution in [1.29, 1.82) is 0 Å². The van der Waals surface area contributed by atoms with Crippen LogP contribution in [0.2, 0.25) is 0 Å². The van der Waals surface area contributed by atoms with Crippen molar-refractivity contribution in [1.82, 2.24) is 0 Å². The van der Waals surface area contributed by atoms with Gasteiger partial charge in [0.15, 0.2) is 0 Å². The van der Waals surface area contributed by atoms with Crippen LogP contribution in [0.15, 0.2) is 141 Å². The molecule has 10 rings (SSSR count). The summed E-state index contributed by atoms with van der Waals surface area (Å²) in [5.74, 6) is 0.946. The van der Waals surface area contributed by atoms with E-state index in [9.17, 15) is 0 Å². The van der Waals surface area contributed by atoms with Gasteiger partial charge >= 0.3 is 0 Å². The zero-order valence-electron chi connectivity index (χ0n) is 26.3. The van der Waals surface area contributed by atoms with Crippen molar-refractivity contribution in [3.63, 3.8) is 0 Å². The number of rotatable bonds is 2. The topological polar surface area (TPSA) is 39.4 Å². The molecule has 0 spiro atoms. The summed E-state index contributed by atoms with van der Waals surface area (Å²) >= 11 is 0. The minimum atomic E-state index is -0.124. The predicted octanol–water partition coefficient (Wildman–Crippen LogP) is 13.2. The molecule has 0 amide bonds. The van der Waals surface area contributed by atoms with Gasteiger partial charge in [0.2, 0.25) is 0 Å². The molecule has 0 radical (unpaired) electrons. The fraction of sp³-hybridized carbons (Fsp3) is 0.0909. The molecular weight excluding hydrogens is 576 g/mol. The van der Waals surface area contributed by atoms with Crippen molar-refractivity contribution >= 4 is 76.4 Å². The Labute approximate surface area is 270 Å². The van der Waals surface area contributed by atoms with E-state index in [0.717, 1.165) is 66.3 Å². The molecule has 7 aromatic carbocycles. The predicted molar refractivity (Wildman–Crippen MR) is 195 cm³/mol. The molecular formula is C44H30O3. The Morgan fingerprint density at radius 2 is 0.957 bits per heavy atom. The Bertz CT molecular complexity index is 2830. The van der Waals surface area contributed by atoms with Crippen LogP contribution in [-0.4, -0.2) is 0 Å². The average Bonchev–Trinajstić information content (AvgIpc) is 3.77. The number of benzene rings is 7. The van der Waals surface area contributed by atoms with E-state index in [1.54, 1.807) is 0 Å². The summed E-state index contributed by atoms with van der Waals surface area (Å²) in [6, 6.07) is 44.9.